The van der Waals surface area contributed by atoms with Crippen molar-refractivity contribution in [2.24, 2.45) is 7.05 Å². The van der Waals surface area contributed by atoms with Gasteiger partial charge in [-0.2, -0.15) is 5.10 Å². The van der Waals surface area contributed by atoms with E-state index < -0.39 is 18.5 Å². The molecule has 7 nitrogen and oxygen atoms in total. The molecule has 1 aromatic carbocycles. The van der Waals surface area contributed by atoms with Crippen LogP contribution in [0.25, 0.3) is 6.08 Å². The first-order valence-corrected chi connectivity index (χ1v) is 8.18. The molecule has 0 saturated carbocycles. The standard InChI is InChI=1S/C18H20ClN3O4/c1-11-14(12(2)22(3)21-11)6-8-18(24)26-10-17(23)20-15-9-13(19)5-7-16(15)25-4/h5-9H,10H2,1-4H3,(H,20,23)/b8-6+. The molecule has 0 saturated heterocycles. The average molecular weight is 378 g/mol. The molecular weight excluding hydrogens is 358 g/mol. The van der Waals surface area contributed by atoms with Gasteiger partial charge < -0.3 is 14.8 Å². The Morgan fingerprint density at radius 3 is 2.69 bits per heavy atom. The van der Waals surface area contributed by atoms with E-state index in [4.69, 9.17) is 21.1 Å². The first-order valence-electron chi connectivity index (χ1n) is 7.80. The zero-order valence-electron chi connectivity index (χ0n) is 15.0. The molecular formula is C18H20ClN3O4. The second kappa shape index (κ2) is 8.53. The maximum Gasteiger partial charge on any atom is 0.331 e. The quantitative estimate of drug-likeness (QED) is 0.618. The summed E-state index contributed by atoms with van der Waals surface area (Å²) in [5.74, 6) is -0.668. The number of hydrogen-bond donors (Lipinski definition) is 1. The van der Waals surface area contributed by atoms with Crippen molar-refractivity contribution in [2.45, 2.75) is 13.8 Å². The van der Waals surface area contributed by atoms with Crippen LogP contribution in [0.4, 0.5) is 5.69 Å². The number of rotatable bonds is 6. The first-order chi connectivity index (χ1) is 12.3. The van der Waals surface area contributed by atoms with Crippen LogP contribution in [0.1, 0.15) is 17.0 Å². The van der Waals surface area contributed by atoms with Crippen molar-refractivity contribution in [3.63, 3.8) is 0 Å². The first kappa shape index (κ1) is 19.5. The molecule has 0 unspecified atom stereocenters. The predicted octanol–water partition coefficient (Wildman–Crippen LogP) is 2.89. The fourth-order valence-electron chi connectivity index (χ4n) is 2.33. The van der Waals surface area contributed by atoms with Crippen LogP contribution in [0.15, 0.2) is 24.3 Å². The van der Waals surface area contributed by atoms with Crippen LogP contribution in [0.3, 0.4) is 0 Å². The predicted molar refractivity (Wildman–Crippen MR) is 99.3 cm³/mol. The normalized spacial score (nSPS) is 10.8. The van der Waals surface area contributed by atoms with Gasteiger partial charge in [0.2, 0.25) is 0 Å². The largest absolute Gasteiger partial charge is 0.495 e. The number of ether oxygens (including phenoxy) is 2. The summed E-state index contributed by atoms with van der Waals surface area (Å²) in [6.45, 7) is 3.32. The van der Waals surface area contributed by atoms with Gasteiger partial charge >= 0.3 is 5.97 Å². The molecule has 1 amide bonds. The molecule has 0 aliphatic carbocycles. The van der Waals surface area contributed by atoms with Crippen LogP contribution in [-0.4, -0.2) is 35.4 Å². The van der Waals surface area contributed by atoms with E-state index in [0.717, 1.165) is 17.0 Å². The molecule has 8 heteroatoms. The van der Waals surface area contributed by atoms with Gasteiger partial charge in [0.1, 0.15) is 5.75 Å². The Balaban J connectivity index is 1.92. The number of methoxy groups -OCH3 is 1. The van der Waals surface area contributed by atoms with Gasteiger partial charge in [0, 0.05) is 29.4 Å². The third-order valence-corrected chi connectivity index (χ3v) is 3.97. The zero-order chi connectivity index (χ0) is 19.3. The molecule has 0 bridgehead atoms. The van der Waals surface area contributed by atoms with Gasteiger partial charge in [0.05, 0.1) is 18.5 Å². The highest BCUT2D eigenvalue weighted by atomic mass is 35.5. The van der Waals surface area contributed by atoms with Gasteiger partial charge in [-0.25, -0.2) is 4.79 Å². The van der Waals surface area contributed by atoms with Crippen molar-refractivity contribution in [2.75, 3.05) is 19.0 Å². The molecule has 0 aliphatic heterocycles. The minimum atomic E-state index is -0.624. The lowest BCUT2D eigenvalue weighted by Gasteiger charge is -2.10. The SMILES string of the molecule is COc1ccc(Cl)cc1NC(=O)COC(=O)/C=C/c1c(C)nn(C)c1C. The number of aromatic nitrogens is 2. The lowest BCUT2D eigenvalue weighted by molar-refractivity contribution is -0.142. The lowest BCUT2D eigenvalue weighted by atomic mass is 10.2. The summed E-state index contributed by atoms with van der Waals surface area (Å²) < 4.78 is 11.8. The number of nitrogens with zero attached hydrogens (tertiary/aromatic N) is 2. The van der Waals surface area contributed by atoms with E-state index in [9.17, 15) is 9.59 Å². The van der Waals surface area contributed by atoms with Crippen LogP contribution < -0.4 is 10.1 Å². The van der Waals surface area contributed by atoms with Crippen molar-refractivity contribution in [1.82, 2.24) is 9.78 Å². The number of esters is 1. The van der Waals surface area contributed by atoms with Gasteiger partial charge in [0.25, 0.3) is 5.91 Å². The Morgan fingerprint density at radius 1 is 1.35 bits per heavy atom. The summed E-state index contributed by atoms with van der Waals surface area (Å²) in [5, 5.41) is 7.30. The van der Waals surface area contributed by atoms with Gasteiger partial charge in [-0.3, -0.25) is 9.48 Å². The monoisotopic (exact) mass is 377 g/mol. The van der Waals surface area contributed by atoms with Crippen LogP contribution in [0.2, 0.25) is 5.02 Å². The fraction of sp³-hybridized carbons (Fsp3) is 0.278. The minimum absolute atomic E-state index is 0.401. The van der Waals surface area contributed by atoms with Gasteiger partial charge in [-0.15, -0.1) is 0 Å². The molecule has 2 rings (SSSR count). The number of amides is 1. The van der Waals surface area contributed by atoms with E-state index in [1.807, 2.05) is 20.9 Å². The summed E-state index contributed by atoms with van der Waals surface area (Å²) in [6.07, 6.45) is 2.89. The van der Waals surface area contributed by atoms with E-state index in [-0.39, 0.29) is 0 Å². The highest BCUT2D eigenvalue weighted by Gasteiger charge is 2.11. The van der Waals surface area contributed by atoms with E-state index in [2.05, 4.69) is 10.4 Å². The number of aryl methyl sites for hydroxylation is 2. The summed E-state index contributed by atoms with van der Waals surface area (Å²) in [5.41, 5.74) is 2.98. The average Bonchev–Trinajstić information content (AvgIpc) is 2.83. The molecule has 1 aromatic heterocycles. The van der Waals surface area contributed by atoms with Crippen molar-refractivity contribution >= 4 is 35.2 Å². The van der Waals surface area contributed by atoms with Crippen molar-refractivity contribution < 1.29 is 19.1 Å². The number of carbonyl (C=O) groups excluding carboxylic acids is 2. The fourth-order valence-corrected chi connectivity index (χ4v) is 2.50. The third kappa shape index (κ3) is 4.86. The van der Waals surface area contributed by atoms with E-state index >= 15 is 0 Å². The number of halogens is 1. The van der Waals surface area contributed by atoms with Crippen LogP contribution >= 0.6 is 11.6 Å². The molecule has 0 spiro atoms. The Kier molecular flexibility index (Phi) is 6.41. The van der Waals surface area contributed by atoms with Crippen molar-refractivity contribution in [1.29, 1.82) is 0 Å². The number of carbonyl (C=O) groups is 2. The molecule has 0 atom stereocenters. The van der Waals surface area contributed by atoms with Crippen LogP contribution in [0, 0.1) is 13.8 Å². The Hall–Kier alpha value is -2.80. The topological polar surface area (TPSA) is 82.4 Å². The number of benzene rings is 1. The van der Waals surface area contributed by atoms with Crippen LogP contribution in [-0.2, 0) is 21.4 Å². The second-order valence-electron chi connectivity index (χ2n) is 5.54. The molecule has 1 N–H and O–H groups in total. The Labute approximate surface area is 156 Å². The van der Waals surface area contributed by atoms with E-state index in [0.29, 0.717) is 16.5 Å². The molecule has 0 fully saturated rings. The van der Waals surface area contributed by atoms with Gasteiger partial charge in [0.15, 0.2) is 6.61 Å². The molecule has 1 heterocycles. The van der Waals surface area contributed by atoms with E-state index in [1.54, 1.807) is 29.0 Å². The summed E-state index contributed by atoms with van der Waals surface area (Å²) in [7, 11) is 3.30. The lowest BCUT2D eigenvalue weighted by Crippen LogP contribution is -2.20. The van der Waals surface area contributed by atoms with Gasteiger partial charge in [-0.05, 0) is 38.1 Å². The highest BCUT2D eigenvalue weighted by Crippen LogP contribution is 2.27. The smallest absolute Gasteiger partial charge is 0.331 e. The second-order valence-corrected chi connectivity index (χ2v) is 5.98. The third-order valence-electron chi connectivity index (χ3n) is 3.73. The number of anilines is 1. The minimum Gasteiger partial charge on any atom is -0.495 e. The van der Waals surface area contributed by atoms with Crippen molar-refractivity contribution in [3.8, 4) is 5.75 Å². The Morgan fingerprint density at radius 2 is 2.08 bits per heavy atom. The van der Waals surface area contributed by atoms with Gasteiger partial charge in [-0.1, -0.05) is 11.6 Å². The Bertz CT molecular complexity index is 858. The maximum atomic E-state index is 12.0. The van der Waals surface area contributed by atoms with Crippen LogP contribution in [0.5, 0.6) is 5.75 Å². The molecule has 0 radical (unpaired) electrons. The number of hydrogen-bond acceptors (Lipinski definition) is 5. The summed E-state index contributed by atoms with van der Waals surface area (Å²) in [4.78, 5) is 23.8. The molecule has 0 aliphatic rings. The maximum absolute atomic E-state index is 12.0. The molecule has 2 aromatic rings. The van der Waals surface area contributed by atoms with Crippen molar-refractivity contribution in [3.05, 3.63) is 46.2 Å². The zero-order valence-corrected chi connectivity index (χ0v) is 15.8. The number of nitrogens with one attached hydrogen (secondary N) is 1. The molecule has 138 valence electrons. The summed E-state index contributed by atoms with van der Waals surface area (Å²) >= 11 is 5.90. The highest BCUT2D eigenvalue weighted by molar-refractivity contribution is 6.31. The summed E-state index contributed by atoms with van der Waals surface area (Å²) in [6, 6.07) is 4.82. The van der Waals surface area contributed by atoms with E-state index in [1.165, 1.54) is 13.2 Å². The molecule has 26 heavy (non-hydrogen) atoms.